The monoisotopic (exact) mass is 460 g/mol. The lowest BCUT2D eigenvalue weighted by atomic mass is 10.1. The molecule has 34 heavy (non-hydrogen) atoms. The third-order valence-electron chi connectivity index (χ3n) is 4.90. The normalized spacial score (nSPS) is 10.3. The zero-order chi connectivity index (χ0) is 24.3. The molecule has 0 atom stereocenters. The van der Waals surface area contributed by atoms with Crippen molar-refractivity contribution in [1.29, 1.82) is 0 Å². The summed E-state index contributed by atoms with van der Waals surface area (Å²) in [6.07, 6.45) is 0. The summed E-state index contributed by atoms with van der Waals surface area (Å²) in [5, 5.41) is 11.4. The Balaban J connectivity index is 1.45. The molecule has 3 amide bonds. The lowest BCUT2D eigenvalue weighted by Gasteiger charge is -2.10. The standard InChI is InChI=1S/C26H28N4O4/c1-18-4-3-5-20(16-18)26(33)30-23-12-10-22(11-13-23)29-24(31)17-28-21-8-6-19(7-9-21)25(32)27-14-15-34-2/h3-13,16,28H,14-15,17H2,1-2H3,(H,27,32)(H,29,31)(H,30,33). The fourth-order valence-corrected chi connectivity index (χ4v) is 3.12. The van der Waals surface area contributed by atoms with Gasteiger partial charge in [0.2, 0.25) is 5.91 Å². The zero-order valence-corrected chi connectivity index (χ0v) is 19.2. The van der Waals surface area contributed by atoms with Crippen LogP contribution < -0.4 is 21.3 Å². The van der Waals surface area contributed by atoms with Gasteiger partial charge in [-0.2, -0.15) is 0 Å². The van der Waals surface area contributed by atoms with E-state index in [0.717, 1.165) is 11.3 Å². The van der Waals surface area contributed by atoms with E-state index in [1.807, 2.05) is 25.1 Å². The van der Waals surface area contributed by atoms with Crippen molar-refractivity contribution in [3.05, 3.63) is 89.5 Å². The third-order valence-corrected chi connectivity index (χ3v) is 4.90. The number of aryl methyl sites for hydroxylation is 1. The number of carbonyl (C=O) groups is 3. The van der Waals surface area contributed by atoms with Gasteiger partial charge in [0.25, 0.3) is 11.8 Å². The molecule has 8 nitrogen and oxygen atoms in total. The van der Waals surface area contributed by atoms with Crippen molar-refractivity contribution in [3.8, 4) is 0 Å². The van der Waals surface area contributed by atoms with Crippen molar-refractivity contribution in [2.45, 2.75) is 6.92 Å². The maximum Gasteiger partial charge on any atom is 0.255 e. The Bertz CT molecular complexity index is 1130. The topological polar surface area (TPSA) is 109 Å². The molecule has 0 unspecified atom stereocenters. The molecule has 3 aromatic carbocycles. The van der Waals surface area contributed by atoms with Gasteiger partial charge in [0, 0.05) is 41.8 Å². The first-order chi connectivity index (χ1) is 16.4. The van der Waals surface area contributed by atoms with Gasteiger partial charge in [-0.1, -0.05) is 17.7 Å². The number of anilines is 3. The number of hydrogen-bond donors (Lipinski definition) is 4. The summed E-state index contributed by atoms with van der Waals surface area (Å²) in [5.41, 5.74) is 4.10. The minimum Gasteiger partial charge on any atom is -0.383 e. The molecule has 0 bridgehead atoms. The van der Waals surface area contributed by atoms with Crippen LogP contribution in [0.1, 0.15) is 26.3 Å². The van der Waals surface area contributed by atoms with Crippen LogP contribution in [0.2, 0.25) is 0 Å². The number of hydrogen-bond acceptors (Lipinski definition) is 5. The highest BCUT2D eigenvalue weighted by molar-refractivity contribution is 6.04. The maximum atomic E-state index is 12.3. The van der Waals surface area contributed by atoms with E-state index in [1.54, 1.807) is 61.7 Å². The second-order valence-corrected chi connectivity index (χ2v) is 7.63. The average molecular weight is 461 g/mol. The molecule has 0 fully saturated rings. The van der Waals surface area contributed by atoms with Crippen LogP contribution >= 0.6 is 0 Å². The Morgan fingerprint density at radius 3 is 2.06 bits per heavy atom. The first kappa shape index (κ1) is 24.5. The Kier molecular flexibility index (Phi) is 8.76. The van der Waals surface area contributed by atoms with Crippen LogP contribution in [-0.2, 0) is 9.53 Å². The molecular formula is C26H28N4O4. The van der Waals surface area contributed by atoms with E-state index in [2.05, 4.69) is 21.3 Å². The molecular weight excluding hydrogens is 432 g/mol. The van der Waals surface area contributed by atoms with Gasteiger partial charge in [0.1, 0.15) is 0 Å². The van der Waals surface area contributed by atoms with Crippen LogP contribution in [0.4, 0.5) is 17.1 Å². The summed E-state index contributed by atoms with van der Waals surface area (Å²) in [5.74, 6) is -0.596. The van der Waals surface area contributed by atoms with Gasteiger partial charge in [-0.15, -0.1) is 0 Å². The zero-order valence-electron chi connectivity index (χ0n) is 19.2. The van der Waals surface area contributed by atoms with E-state index in [9.17, 15) is 14.4 Å². The van der Waals surface area contributed by atoms with Crippen molar-refractivity contribution in [2.75, 3.05) is 42.8 Å². The Hall–Kier alpha value is -4.17. The average Bonchev–Trinajstić information content (AvgIpc) is 2.84. The molecule has 0 saturated carbocycles. The van der Waals surface area contributed by atoms with Crippen molar-refractivity contribution < 1.29 is 19.1 Å². The summed E-state index contributed by atoms with van der Waals surface area (Å²) in [7, 11) is 1.57. The summed E-state index contributed by atoms with van der Waals surface area (Å²) >= 11 is 0. The first-order valence-corrected chi connectivity index (χ1v) is 10.8. The van der Waals surface area contributed by atoms with Crippen molar-refractivity contribution >= 4 is 34.8 Å². The molecule has 0 spiro atoms. The van der Waals surface area contributed by atoms with E-state index in [1.165, 1.54) is 0 Å². The molecule has 0 aliphatic heterocycles. The molecule has 4 N–H and O–H groups in total. The fourth-order valence-electron chi connectivity index (χ4n) is 3.12. The number of nitrogens with one attached hydrogen (secondary N) is 4. The first-order valence-electron chi connectivity index (χ1n) is 10.8. The van der Waals surface area contributed by atoms with E-state index < -0.39 is 0 Å². The summed E-state index contributed by atoms with van der Waals surface area (Å²) in [6, 6.07) is 21.1. The molecule has 0 aliphatic rings. The van der Waals surface area contributed by atoms with E-state index in [0.29, 0.717) is 35.7 Å². The number of amides is 3. The molecule has 176 valence electrons. The minimum atomic E-state index is -0.224. The summed E-state index contributed by atoms with van der Waals surface area (Å²) in [4.78, 5) is 36.6. The van der Waals surface area contributed by atoms with E-state index in [4.69, 9.17) is 4.74 Å². The van der Waals surface area contributed by atoms with Crippen molar-refractivity contribution in [3.63, 3.8) is 0 Å². The van der Waals surface area contributed by atoms with Crippen LogP contribution in [0.5, 0.6) is 0 Å². The fraction of sp³-hybridized carbons (Fsp3) is 0.192. The number of benzene rings is 3. The predicted octanol–water partition coefficient (Wildman–Crippen LogP) is 3.67. The van der Waals surface area contributed by atoms with Crippen molar-refractivity contribution in [1.82, 2.24) is 5.32 Å². The minimum absolute atomic E-state index is 0.0607. The highest BCUT2D eigenvalue weighted by Gasteiger charge is 2.08. The molecule has 0 aliphatic carbocycles. The molecule has 3 rings (SSSR count). The number of ether oxygens (including phenoxy) is 1. The second-order valence-electron chi connectivity index (χ2n) is 7.63. The van der Waals surface area contributed by atoms with Crippen LogP contribution in [-0.4, -0.2) is 44.5 Å². The maximum absolute atomic E-state index is 12.3. The highest BCUT2D eigenvalue weighted by atomic mass is 16.5. The van der Waals surface area contributed by atoms with Crippen LogP contribution in [0.15, 0.2) is 72.8 Å². The van der Waals surface area contributed by atoms with E-state index >= 15 is 0 Å². The third kappa shape index (κ3) is 7.46. The van der Waals surface area contributed by atoms with Gasteiger partial charge in [0.05, 0.1) is 13.2 Å². The number of rotatable bonds is 10. The smallest absolute Gasteiger partial charge is 0.255 e. The number of methoxy groups -OCH3 is 1. The summed E-state index contributed by atoms with van der Waals surface area (Å²) in [6.45, 7) is 2.88. The summed E-state index contributed by atoms with van der Waals surface area (Å²) < 4.78 is 4.91. The number of carbonyl (C=O) groups excluding carboxylic acids is 3. The second kappa shape index (κ2) is 12.2. The molecule has 8 heteroatoms. The van der Waals surface area contributed by atoms with Gasteiger partial charge in [0.15, 0.2) is 0 Å². The molecule has 0 saturated heterocycles. The predicted molar refractivity (Wildman–Crippen MR) is 133 cm³/mol. The SMILES string of the molecule is COCCNC(=O)c1ccc(NCC(=O)Nc2ccc(NC(=O)c3cccc(C)c3)cc2)cc1. The van der Waals surface area contributed by atoms with Crippen molar-refractivity contribution in [2.24, 2.45) is 0 Å². The van der Waals surface area contributed by atoms with Gasteiger partial charge in [-0.05, 0) is 67.6 Å². The lowest BCUT2D eigenvalue weighted by Crippen LogP contribution is -2.26. The Morgan fingerprint density at radius 1 is 0.765 bits per heavy atom. The van der Waals surface area contributed by atoms with E-state index in [-0.39, 0.29) is 24.3 Å². The highest BCUT2D eigenvalue weighted by Crippen LogP contribution is 2.15. The van der Waals surface area contributed by atoms with Gasteiger partial charge < -0.3 is 26.0 Å². The van der Waals surface area contributed by atoms with Crippen LogP contribution in [0, 0.1) is 6.92 Å². The van der Waals surface area contributed by atoms with Gasteiger partial charge in [-0.3, -0.25) is 14.4 Å². The van der Waals surface area contributed by atoms with Crippen LogP contribution in [0.25, 0.3) is 0 Å². The molecule has 0 aromatic heterocycles. The lowest BCUT2D eigenvalue weighted by molar-refractivity contribution is -0.114. The molecule has 0 radical (unpaired) electrons. The van der Waals surface area contributed by atoms with Crippen LogP contribution in [0.3, 0.4) is 0 Å². The largest absolute Gasteiger partial charge is 0.383 e. The Labute approximate surface area is 198 Å². The van der Waals surface area contributed by atoms with Gasteiger partial charge >= 0.3 is 0 Å². The molecule has 3 aromatic rings. The van der Waals surface area contributed by atoms with Gasteiger partial charge in [-0.25, -0.2) is 0 Å². The quantitative estimate of drug-likeness (QED) is 0.345. The Morgan fingerprint density at radius 2 is 1.41 bits per heavy atom. The molecule has 0 heterocycles.